The fourth-order valence-corrected chi connectivity index (χ4v) is 12.7. The summed E-state index contributed by atoms with van der Waals surface area (Å²) in [6, 6.07) is 18.1. The van der Waals surface area contributed by atoms with Gasteiger partial charge in [0.2, 0.25) is 11.4 Å². The molecule has 0 fully saturated rings. The molecule has 0 bridgehead atoms. The van der Waals surface area contributed by atoms with E-state index in [9.17, 15) is 5.53 Å². The summed E-state index contributed by atoms with van der Waals surface area (Å²) in [5.74, 6) is 0. The first-order valence-electron chi connectivity index (χ1n) is 36.1. The second-order valence-electron chi connectivity index (χ2n) is 25.2. The van der Waals surface area contributed by atoms with E-state index in [4.69, 9.17) is 0 Å². The molecule has 1 aliphatic rings. The third-order valence-corrected chi connectivity index (χ3v) is 17.9. The van der Waals surface area contributed by atoms with Crippen LogP contribution in [0.15, 0.2) is 84.0 Å². The van der Waals surface area contributed by atoms with Gasteiger partial charge in [-0.1, -0.05) is 358 Å². The standard InChI is InChI=1S/C78H132N2/c1-5-9-13-16-19-21-23-25-27-29-31-33-35-37-39-41-43-45-47-49-51-53-56-63-71-65-59-61-68-73(71)77-75(67-12-8-4)76(70-58-55-18-15-11-7-3)78(80(77)79)74-69-62-60-66-72(74)64-57-54-52-50-48-46-44-42-40-38-36-34-32-30-28-26-24-22-20-17-14-10-6-2/h51-54,59-62,65-66,68-69H,5-50,55-58,63-64,67,70H2,1-4H3. The largest absolute Gasteiger partial charge is 0.493 e. The Morgan fingerprint density at radius 1 is 0.263 bits per heavy atom. The lowest BCUT2D eigenvalue weighted by Gasteiger charge is -2.14. The summed E-state index contributed by atoms with van der Waals surface area (Å²) in [6.07, 6.45) is 82.6. The number of allylic oxidation sites excluding steroid dienone is 6. The van der Waals surface area contributed by atoms with E-state index in [2.05, 4.69) is 101 Å². The second-order valence-corrected chi connectivity index (χ2v) is 25.2. The minimum Gasteiger partial charge on any atom is -0.493 e. The van der Waals surface area contributed by atoms with Gasteiger partial charge in [-0.2, -0.15) is 0 Å². The fourth-order valence-electron chi connectivity index (χ4n) is 12.7. The zero-order valence-electron chi connectivity index (χ0n) is 54.0. The van der Waals surface area contributed by atoms with Crippen molar-refractivity contribution in [2.75, 3.05) is 0 Å². The van der Waals surface area contributed by atoms with Gasteiger partial charge in [-0.25, -0.2) is 4.70 Å². The molecule has 0 saturated carbocycles. The molecule has 0 radical (unpaired) electrons. The first kappa shape index (κ1) is 71.3. The van der Waals surface area contributed by atoms with Crippen LogP contribution in [0.3, 0.4) is 0 Å². The molecule has 0 N–H and O–H groups in total. The third kappa shape index (κ3) is 34.6. The summed E-state index contributed by atoms with van der Waals surface area (Å²) >= 11 is 0. The van der Waals surface area contributed by atoms with Crippen molar-refractivity contribution in [1.29, 1.82) is 0 Å². The van der Waals surface area contributed by atoms with Crippen molar-refractivity contribution in [3.8, 4) is 0 Å². The van der Waals surface area contributed by atoms with E-state index >= 15 is 0 Å². The zero-order valence-corrected chi connectivity index (χ0v) is 54.0. The molecule has 0 aliphatic carbocycles. The molecule has 0 unspecified atom stereocenters. The molecule has 1 heterocycles. The molecular formula is C78H132N2. The lowest BCUT2D eigenvalue weighted by molar-refractivity contribution is -0.345. The van der Waals surface area contributed by atoms with Crippen molar-refractivity contribution >= 4 is 11.4 Å². The van der Waals surface area contributed by atoms with Gasteiger partial charge in [0.05, 0.1) is 0 Å². The molecule has 1 aliphatic heterocycles. The molecule has 0 aromatic heterocycles. The van der Waals surface area contributed by atoms with E-state index in [1.165, 1.54) is 329 Å². The van der Waals surface area contributed by atoms with Gasteiger partial charge >= 0.3 is 0 Å². The quantitative estimate of drug-likeness (QED) is 0.0358. The van der Waals surface area contributed by atoms with Gasteiger partial charge in [-0.3, -0.25) is 0 Å². The minimum atomic E-state index is 0.995. The van der Waals surface area contributed by atoms with Gasteiger partial charge in [0.1, 0.15) is 0 Å². The lowest BCUT2D eigenvalue weighted by Crippen LogP contribution is -2.06. The van der Waals surface area contributed by atoms with Gasteiger partial charge in [0.15, 0.2) is 0 Å². The van der Waals surface area contributed by atoms with Crippen LogP contribution in [0, 0.1) is 0 Å². The van der Waals surface area contributed by atoms with Crippen LogP contribution in [-0.4, -0.2) is 4.70 Å². The first-order valence-corrected chi connectivity index (χ1v) is 36.1. The van der Waals surface area contributed by atoms with Crippen LogP contribution in [0.1, 0.15) is 384 Å². The summed E-state index contributed by atoms with van der Waals surface area (Å²) in [5.41, 5.74) is 22.8. The topological polar surface area (TPSA) is 25.3 Å². The molecule has 0 amide bonds. The molecule has 454 valence electrons. The molecule has 0 saturated heterocycles. The molecule has 0 spiro atoms. The average Bonchev–Trinajstić information content (AvgIpc) is 3.86. The van der Waals surface area contributed by atoms with Crippen LogP contribution in [0.5, 0.6) is 0 Å². The van der Waals surface area contributed by atoms with Crippen molar-refractivity contribution in [2.24, 2.45) is 0 Å². The van der Waals surface area contributed by atoms with Crippen molar-refractivity contribution in [1.82, 2.24) is 0 Å². The van der Waals surface area contributed by atoms with E-state index in [1.807, 2.05) is 0 Å². The fraction of sp³-hybridized carbons (Fsp3) is 0.744. The van der Waals surface area contributed by atoms with Gasteiger partial charge < -0.3 is 5.53 Å². The summed E-state index contributed by atoms with van der Waals surface area (Å²) in [4.78, 5) is 0. The average molecular weight is 1100 g/mol. The number of aryl methyl sites for hydroxylation is 2. The highest BCUT2D eigenvalue weighted by molar-refractivity contribution is 5.83. The normalized spacial score (nSPS) is 13.0. The summed E-state index contributed by atoms with van der Waals surface area (Å²) < 4.78 is 1.67. The molecular weight excluding hydrogens is 965 g/mol. The number of rotatable bonds is 58. The Morgan fingerprint density at radius 3 is 0.800 bits per heavy atom. The predicted octanol–water partition coefficient (Wildman–Crippen LogP) is 27.4. The highest BCUT2D eigenvalue weighted by atomic mass is 15.2. The van der Waals surface area contributed by atoms with Crippen molar-refractivity contribution in [3.63, 3.8) is 0 Å². The SMILES string of the molecule is CCCCCCCCCCCCCCCCCCCCCC=CCCc1ccccc1C1=C(CCCC)C(CCCCCCCC)=C(c2ccccc2CCC=CCCCCCCCCCCCCCCCCCCCCC)[N+]1=[N-]. The Bertz CT molecular complexity index is 1870. The first-order chi connectivity index (χ1) is 39.7. The van der Waals surface area contributed by atoms with E-state index in [0.717, 1.165) is 62.8 Å². The second kappa shape index (κ2) is 52.8. The summed E-state index contributed by atoms with van der Waals surface area (Å²) in [5, 5.41) is 0. The number of nitrogens with zero attached hydrogens (tertiary/aromatic N) is 2. The highest BCUT2D eigenvalue weighted by Crippen LogP contribution is 2.46. The van der Waals surface area contributed by atoms with Crippen LogP contribution in [0.2, 0.25) is 0 Å². The Morgan fingerprint density at radius 2 is 0.500 bits per heavy atom. The number of hydrogen-bond acceptors (Lipinski definition) is 0. The molecule has 2 aromatic rings. The maximum Gasteiger partial charge on any atom is 0.211 e. The maximum atomic E-state index is 12.7. The van der Waals surface area contributed by atoms with Crippen LogP contribution in [-0.2, 0) is 12.8 Å². The number of hydrogen-bond donors (Lipinski definition) is 0. The molecule has 0 atom stereocenters. The van der Waals surface area contributed by atoms with E-state index < -0.39 is 0 Å². The summed E-state index contributed by atoms with van der Waals surface area (Å²) in [7, 11) is 0. The maximum absolute atomic E-state index is 12.7. The Balaban J connectivity index is 1.44. The van der Waals surface area contributed by atoms with Crippen LogP contribution < -0.4 is 0 Å². The van der Waals surface area contributed by atoms with E-state index in [-0.39, 0.29) is 0 Å². The Hall–Kier alpha value is -3.00. The number of benzene rings is 2. The summed E-state index contributed by atoms with van der Waals surface area (Å²) in [6.45, 7) is 9.25. The van der Waals surface area contributed by atoms with Gasteiger partial charge in [0, 0.05) is 22.3 Å². The monoisotopic (exact) mass is 1100 g/mol. The van der Waals surface area contributed by atoms with Crippen molar-refractivity contribution < 1.29 is 4.70 Å². The van der Waals surface area contributed by atoms with Gasteiger partial charge in [-0.05, 0) is 100 Å². The molecule has 80 heavy (non-hydrogen) atoms. The van der Waals surface area contributed by atoms with Crippen molar-refractivity contribution in [3.05, 3.63) is 112 Å². The predicted molar refractivity (Wildman–Crippen MR) is 359 cm³/mol. The molecule has 2 heteroatoms. The number of unbranched alkanes of at least 4 members (excludes halogenated alkanes) is 44. The zero-order chi connectivity index (χ0) is 56.9. The van der Waals surface area contributed by atoms with E-state index in [1.54, 1.807) is 4.70 Å². The van der Waals surface area contributed by atoms with Crippen LogP contribution >= 0.6 is 0 Å². The highest BCUT2D eigenvalue weighted by Gasteiger charge is 2.36. The molecule has 3 rings (SSSR count). The lowest BCUT2D eigenvalue weighted by atomic mass is 9.89. The Labute approximate surface area is 499 Å². The van der Waals surface area contributed by atoms with Crippen LogP contribution in [0.4, 0.5) is 0 Å². The smallest absolute Gasteiger partial charge is 0.211 e. The van der Waals surface area contributed by atoms with E-state index in [0.29, 0.717) is 0 Å². The van der Waals surface area contributed by atoms with Gasteiger partial charge in [-0.15, -0.1) is 0 Å². The third-order valence-electron chi connectivity index (χ3n) is 17.9. The van der Waals surface area contributed by atoms with Crippen LogP contribution in [0.25, 0.3) is 16.9 Å². The Kier molecular flexibility index (Phi) is 47.0. The molecule has 2 aromatic carbocycles. The van der Waals surface area contributed by atoms with Crippen molar-refractivity contribution in [2.45, 2.75) is 374 Å². The minimum absolute atomic E-state index is 0.995. The van der Waals surface area contributed by atoms with Gasteiger partial charge in [0.25, 0.3) is 0 Å². The molecule has 2 nitrogen and oxygen atoms in total.